The van der Waals surface area contributed by atoms with E-state index in [4.69, 9.17) is 0 Å². The van der Waals surface area contributed by atoms with Crippen molar-refractivity contribution in [2.45, 2.75) is 20.3 Å². The molecule has 4 rings (SSSR count). The van der Waals surface area contributed by atoms with Gasteiger partial charge in [-0.1, -0.05) is 67.6 Å². The van der Waals surface area contributed by atoms with Crippen molar-refractivity contribution in [1.82, 2.24) is 4.98 Å². The number of aryl methyl sites for hydroxylation is 1. The number of benzene rings is 3. The number of nitrogens with zero attached hydrogens (tertiary/aromatic N) is 1. The SMILES string of the molecule is CC/C(=C(/c1ccccc1)c1ccc2scnc2c1)c1ccccc1C. The predicted octanol–water partition coefficient (Wildman–Crippen LogP) is 6.97. The van der Waals surface area contributed by atoms with Crippen LogP contribution in [0.3, 0.4) is 0 Å². The summed E-state index contributed by atoms with van der Waals surface area (Å²) in [6.45, 7) is 4.43. The molecule has 1 heterocycles. The highest BCUT2D eigenvalue weighted by atomic mass is 32.1. The number of aromatic nitrogens is 1. The van der Waals surface area contributed by atoms with Crippen molar-refractivity contribution in [3.05, 3.63) is 101 Å². The van der Waals surface area contributed by atoms with Crippen LogP contribution in [0, 0.1) is 6.92 Å². The average Bonchev–Trinajstić information content (AvgIpc) is 3.15. The zero-order valence-electron chi connectivity index (χ0n) is 15.1. The Morgan fingerprint density at radius 2 is 1.65 bits per heavy atom. The first-order valence-electron chi connectivity index (χ1n) is 8.96. The van der Waals surface area contributed by atoms with Crippen LogP contribution in [0.25, 0.3) is 21.4 Å². The van der Waals surface area contributed by atoms with Crippen LogP contribution in [0.4, 0.5) is 0 Å². The van der Waals surface area contributed by atoms with Gasteiger partial charge in [0.05, 0.1) is 15.7 Å². The molecule has 0 radical (unpaired) electrons. The summed E-state index contributed by atoms with van der Waals surface area (Å²) < 4.78 is 1.23. The number of rotatable bonds is 4. The first kappa shape index (κ1) is 16.7. The molecule has 0 aliphatic carbocycles. The second kappa shape index (κ2) is 7.27. The zero-order valence-corrected chi connectivity index (χ0v) is 15.9. The minimum Gasteiger partial charge on any atom is -0.245 e. The van der Waals surface area contributed by atoms with E-state index in [-0.39, 0.29) is 0 Å². The van der Waals surface area contributed by atoms with Crippen molar-refractivity contribution < 1.29 is 0 Å². The van der Waals surface area contributed by atoms with Gasteiger partial charge in [-0.15, -0.1) is 11.3 Å². The lowest BCUT2D eigenvalue weighted by molar-refractivity contribution is 1.22. The molecular formula is C24H21NS. The lowest BCUT2D eigenvalue weighted by atomic mass is 9.86. The van der Waals surface area contributed by atoms with Crippen LogP contribution in [0.5, 0.6) is 0 Å². The fraction of sp³-hybridized carbons (Fsp3) is 0.125. The van der Waals surface area contributed by atoms with Crippen molar-refractivity contribution in [2.75, 3.05) is 0 Å². The molecule has 0 unspecified atom stereocenters. The molecule has 128 valence electrons. The van der Waals surface area contributed by atoms with Gasteiger partial charge in [0.15, 0.2) is 0 Å². The Hall–Kier alpha value is -2.71. The van der Waals surface area contributed by atoms with E-state index in [0.717, 1.165) is 11.9 Å². The van der Waals surface area contributed by atoms with E-state index >= 15 is 0 Å². The highest BCUT2D eigenvalue weighted by Crippen LogP contribution is 2.36. The smallest absolute Gasteiger partial charge is 0.0818 e. The Kier molecular flexibility index (Phi) is 4.68. The summed E-state index contributed by atoms with van der Waals surface area (Å²) in [4.78, 5) is 4.53. The first-order valence-corrected chi connectivity index (χ1v) is 9.84. The van der Waals surface area contributed by atoms with Crippen LogP contribution in [0.2, 0.25) is 0 Å². The lowest BCUT2D eigenvalue weighted by Crippen LogP contribution is -1.96. The molecule has 0 saturated heterocycles. The number of fused-ring (bicyclic) bond motifs is 1. The molecule has 3 aromatic carbocycles. The fourth-order valence-corrected chi connectivity index (χ4v) is 4.21. The molecule has 0 aliphatic heterocycles. The Balaban J connectivity index is 2.03. The topological polar surface area (TPSA) is 12.9 Å². The molecule has 0 bridgehead atoms. The minimum atomic E-state index is 0.976. The molecule has 0 amide bonds. The van der Waals surface area contributed by atoms with Crippen LogP contribution >= 0.6 is 11.3 Å². The van der Waals surface area contributed by atoms with Gasteiger partial charge in [0.25, 0.3) is 0 Å². The molecule has 0 atom stereocenters. The van der Waals surface area contributed by atoms with Gasteiger partial charge >= 0.3 is 0 Å². The maximum atomic E-state index is 4.53. The summed E-state index contributed by atoms with van der Waals surface area (Å²) in [5, 5.41) is 0. The molecule has 4 aromatic rings. The van der Waals surface area contributed by atoms with Crippen molar-refractivity contribution >= 4 is 32.7 Å². The zero-order chi connectivity index (χ0) is 17.9. The van der Waals surface area contributed by atoms with Crippen LogP contribution in [-0.2, 0) is 0 Å². The third kappa shape index (κ3) is 3.09. The highest BCUT2D eigenvalue weighted by Gasteiger charge is 2.15. The van der Waals surface area contributed by atoms with Crippen LogP contribution in [0.1, 0.15) is 35.6 Å². The van der Waals surface area contributed by atoms with Gasteiger partial charge in [-0.2, -0.15) is 0 Å². The van der Waals surface area contributed by atoms with Gasteiger partial charge in [-0.3, -0.25) is 0 Å². The van der Waals surface area contributed by atoms with Gasteiger partial charge in [-0.25, -0.2) is 4.98 Å². The lowest BCUT2D eigenvalue weighted by Gasteiger charge is -2.18. The average molecular weight is 356 g/mol. The molecule has 1 nitrogen and oxygen atoms in total. The molecular weight excluding hydrogens is 334 g/mol. The van der Waals surface area contributed by atoms with Crippen molar-refractivity contribution in [3.8, 4) is 0 Å². The quantitative estimate of drug-likeness (QED) is 0.360. The summed E-state index contributed by atoms with van der Waals surface area (Å²) in [5.74, 6) is 0. The van der Waals surface area contributed by atoms with E-state index < -0.39 is 0 Å². The van der Waals surface area contributed by atoms with Gasteiger partial charge < -0.3 is 0 Å². The Labute approximate surface area is 158 Å². The van der Waals surface area contributed by atoms with Crippen molar-refractivity contribution in [3.63, 3.8) is 0 Å². The van der Waals surface area contributed by atoms with Crippen molar-refractivity contribution in [1.29, 1.82) is 0 Å². The summed E-state index contributed by atoms with van der Waals surface area (Å²) in [6.07, 6.45) is 0.976. The van der Waals surface area contributed by atoms with Gasteiger partial charge in [0.1, 0.15) is 0 Å². The molecule has 2 heteroatoms. The maximum Gasteiger partial charge on any atom is 0.0818 e. The van der Waals surface area contributed by atoms with Crippen LogP contribution in [-0.4, -0.2) is 4.98 Å². The van der Waals surface area contributed by atoms with E-state index in [9.17, 15) is 0 Å². The molecule has 26 heavy (non-hydrogen) atoms. The predicted molar refractivity (Wildman–Crippen MR) is 113 cm³/mol. The molecule has 0 N–H and O–H groups in total. The van der Waals surface area contributed by atoms with Crippen LogP contribution < -0.4 is 0 Å². The third-order valence-corrected chi connectivity index (χ3v) is 5.62. The summed E-state index contributed by atoms with van der Waals surface area (Å²) >= 11 is 1.69. The fourth-order valence-electron chi connectivity index (χ4n) is 3.55. The number of hydrogen-bond donors (Lipinski definition) is 0. The summed E-state index contributed by atoms with van der Waals surface area (Å²) in [7, 11) is 0. The van der Waals surface area contributed by atoms with Crippen LogP contribution in [0.15, 0.2) is 78.3 Å². The van der Waals surface area contributed by atoms with E-state index in [1.165, 1.54) is 38.1 Å². The Morgan fingerprint density at radius 3 is 2.42 bits per heavy atom. The monoisotopic (exact) mass is 355 g/mol. The van der Waals surface area contributed by atoms with Gasteiger partial charge in [0, 0.05) is 0 Å². The molecule has 0 aliphatic rings. The molecule has 0 fully saturated rings. The number of thiazole rings is 1. The van der Waals surface area contributed by atoms with Gasteiger partial charge in [0.2, 0.25) is 0 Å². The standard InChI is InChI=1S/C24H21NS/c1-3-20(21-12-8-7-9-17(21)2)24(18-10-5-4-6-11-18)19-13-14-23-22(15-19)25-16-26-23/h4-16H,3H2,1-2H3/b24-20+. The van der Waals surface area contributed by atoms with Gasteiger partial charge in [-0.05, 0) is 58.9 Å². The number of hydrogen-bond acceptors (Lipinski definition) is 2. The summed E-state index contributed by atoms with van der Waals surface area (Å²) in [6, 6.07) is 26.0. The molecule has 0 spiro atoms. The molecule has 1 aromatic heterocycles. The minimum absolute atomic E-state index is 0.976. The largest absolute Gasteiger partial charge is 0.245 e. The second-order valence-electron chi connectivity index (χ2n) is 6.42. The maximum absolute atomic E-state index is 4.53. The van der Waals surface area contributed by atoms with E-state index in [2.05, 4.69) is 91.6 Å². The Bertz CT molecular complexity index is 1070. The highest BCUT2D eigenvalue weighted by molar-refractivity contribution is 7.16. The van der Waals surface area contributed by atoms with E-state index in [1.807, 2.05) is 5.51 Å². The second-order valence-corrected chi connectivity index (χ2v) is 7.31. The van der Waals surface area contributed by atoms with E-state index in [1.54, 1.807) is 11.3 Å². The first-order chi connectivity index (χ1) is 12.8. The van der Waals surface area contributed by atoms with E-state index in [0.29, 0.717) is 0 Å². The molecule has 0 saturated carbocycles. The number of allylic oxidation sites excluding steroid dienone is 1. The van der Waals surface area contributed by atoms with Crippen molar-refractivity contribution in [2.24, 2.45) is 0 Å². The Morgan fingerprint density at radius 1 is 0.885 bits per heavy atom. The third-order valence-electron chi connectivity index (χ3n) is 4.81. The normalized spacial score (nSPS) is 12.2. The summed E-state index contributed by atoms with van der Waals surface area (Å²) in [5.41, 5.74) is 10.8.